The smallest absolute Gasteiger partial charge is 0.408 e. The van der Waals surface area contributed by atoms with Gasteiger partial charge < -0.3 is 19.7 Å². The third-order valence-electron chi connectivity index (χ3n) is 6.83. The first-order chi connectivity index (χ1) is 15.6. The lowest BCUT2D eigenvalue weighted by atomic mass is 9.95. The van der Waals surface area contributed by atoms with Gasteiger partial charge in [-0.2, -0.15) is 0 Å². The molecule has 2 aliphatic rings. The van der Waals surface area contributed by atoms with E-state index in [2.05, 4.69) is 5.32 Å². The summed E-state index contributed by atoms with van der Waals surface area (Å²) in [6, 6.07) is 3.28. The third-order valence-corrected chi connectivity index (χ3v) is 6.83. The average molecular weight is 460 g/mol. The van der Waals surface area contributed by atoms with Crippen molar-refractivity contribution in [2.24, 2.45) is 0 Å². The number of benzene rings is 1. The number of carboxylic acid groups (broad SMARTS) is 1. The minimum Gasteiger partial charge on any atom is -0.465 e. The Labute approximate surface area is 193 Å². The summed E-state index contributed by atoms with van der Waals surface area (Å²) in [5, 5.41) is 13.3. The summed E-state index contributed by atoms with van der Waals surface area (Å²) in [5.41, 5.74) is 0.374. The highest BCUT2D eigenvalue weighted by Crippen LogP contribution is 2.30. The van der Waals surface area contributed by atoms with Gasteiger partial charge in [0.2, 0.25) is 0 Å². The highest BCUT2D eigenvalue weighted by Gasteiger charge is 2.29. The molecule has 2 aromatic rings. The van der Waals surface area contributed by atoms with E-state index in [1.807, 2.05) is 4.57 Å². The van der Waals surface area contributed by atoms with Crippen LogP contribution in [0.4, 0.5) is 14.9 Å². The highest BCUT2D eigenvalue weighted by atomic mass is 19.1. The SMILES string of the molecule is CC(C)(C)N(Cc1cn(C2CCOC2)c2cc(NC3CCCCC3)c(F)cc2c1=O)C(=O)O. The van der Waals surface area contributed by atoms with Crippen molar-refractivity contribution in [2.75, 3.05) is 18.5 Å². The van der Waals surface area contributed by atoms with Crippen LogP contribution in [0.1, 0.15) is 70.9 Å². The van der Waals surface area contributed by atoms with Gasteiger partial charge in [0, 0.05) is 35.3 Å². The molecule has 8 heteroatoms. The number of nitrogens with zero attached hydrogens (tertiary/aromatic N) is 2. The number of anilines is 1. The maximum Gasteiger partial charge on any atom is 0.408 e. The van der Waals surface area contributed by atoms with Gasteiger partial charge in [-0.1, -0.05) is 19.3 Å². The molecule has 1 amide bonds. The fourth-order valence-electron chi connectivity index (χ4n) is 4.92. The molecule has 2 N–H and O–H groups in total. The number of ether oxygens (including phenoxy) is 1. The van der Waals surface area contributed by atoms with E-state index in [1.165, 1.54) is 17.4 Å². The first-order valence-electron chi connectivity index (χ1n) is 11.9. The van der Waals surface area contributed by atoms with Crippen LogP contribution in [-0.2, 0) is 11.3 Å². The number of nitrogens with one attached hydrogen (secondary N) is 1. The molecule has 1 aliphatic heterocycles. The van der Waals surface area contributed by atoms with E-state index in [-0.39, 0.29) is 29.4 Å². The standard InChI is InChI=1S/C25H34FN3O4/c1-25(2,3)29(24(31)32)14-16-13-28(18-9-10-33-15-18)22-12-21(20(26)11-19(22)23(16)30)27-17-7-5-4-6-8-17/h11-13,17-18,27H,4-10,14-15H2,1-3H3,(H,31,32). The molecule has 1 aliphatic carbocycles. The lowest BCUT2D eigenvalue weighted by Crippen LogP contribution is -2.45. The normalized spacial score (nSPS) is 19.7. The summed E-state index contributed by atoms with van der Waals surface area (Å²) < 4.78 is 22.7. The van der Waals surface area contributed by atoms with E-state index >= 15 is 4.39 Å². The number of pyridine rings is 1. The molecule has 2 fully saturated rings. The fourth-order valence-corrected chi connectivity index (χ4v) is 4.92. The van der Waals surface area contributed by atoms with Gasteiger partial charge >= 0.3 is 6.09 Å². The van der Waals surface area contributed by atoms with Crippen molar-refractivity contribution < 1.29 is 19.0 Å². The molecule has 180 valence electrons. The van der Waals surface area contributed by atoms with Crippen molar-refractivity contribution in [3.8, 4) is 0 Å². The Hall–Kier alpha value is -2.61. The minimum absolute atomic E-state index is 0.00718. The Morgan fingerprint density at radius 3 is 2.58 bits per heavy atom. The Bertz CT molecular complexity index is 1080. The summed E-state index contributed by atoms with van der Waals surface area (Å²) >= 11 is 0. The molecule has 0 bridgehead atoms. The molecule has 4 rings (SSSR count). The molecule has 1 saturated heterocycles. The van der Waals surface area contributed by atoms with Crippen molar-refractivity contribution >= 4 is 22.7 Å². The number of amides is 1. The Kier molecular flexibility index (Phi) is 6.66. The quantitative estimate of drug-likeness (QED) is 0.648. The molecule has 7 nitrogen and oxygen atoms in total. The van der Waals surface area contributed by atoms with E-state index in [9.17, 15) is 14.7 Å². The van der Waals surface area contributed by atoms with Gasteiger partial charge in [0.25, 0.3) is 0 Å². The van der Waals surface area contributed by atoms with Crippen LogP contribution in [-0.4, -0.2) is 45.5 Å². The third kappa shape index (κ3) is 5.00. The van der Waals surface area contributed by atoms with E-state index in [4.69, 9.17) is 4.74 Å². The van der Waals surface area contributed by atoms with Gasteiger partial charge in [-0.25, -0.2) is 9.18 Å². The number of hydrogen-bond acceptors (Lipinski definition) is 4. The summed E-state index contributed by atoms with van der Waals surface area (Å²) in [4.78, 5) is 26.5. The minimum atomic E-state index is -1.10. The molecule has 2 heterocycles. The number of hydrogen-bond donors (Lipinski definition) is 2. The lowest BCUT2D eigenvalue weighted by Gasteiger charge is -2.33. The second-order valence-corrected chi connectivity index (χ2v) is 10.3. The first-order valence-corrected chi connectivity index (χ1v) is 11.9. The van der Waals surface area contributed by atoms with Gasteiger partial charge in [0.1, 0.15) is 5.82 Å². The Morgan fingerprint density at radius 1 is 1.24 bits per heavy atom. The van der Waals surface area contributed by atoms with E-state index in [0.717, 1.165) is 32.1 Å². The molecule has 1 aromatic heterocycles. The fraction of sp³-hybridized carbons (Fsp3) is 0.600. The molecule has 1 atom stereocenters. The zero-order valence-corrected chi connectivity index (χ0v) is 19.7. The molecule has 0 spiro atoms. The number of halogens is 1. The van der Waals surface area contributed by atoms with E-state index in [1.54, 1.807) is 33.0 Å². The topological polar surface area (TPSA) is 83.8 Å². The molecule has 33 heavy (non-hydrogen) atoms. The molecule has 1 unspecified atom stereocenters. The van der Waals surface area contributed by atoms with E-state index < -0.39 is 17.4 Å². The van der Waals surface area contributed by atoms with Gasteiger partial charge in [0.15, 0.2) is 5.43 Å². The van der Waals surface area contributed by atoms with Crippen molar-refractivity contribution in [1.82, 2.24) is 9.47 Å². The highest BCUT2D eigenvalue weighted by molar-refractivity contribution is 5.84. The van der Waals surface area contributed by atoms with Crippen LogP contribution in [0, 0.1) is 5.82 Å². The average Bonchev–Trinajstić information content (AvgIpc) is 3.29. The van der Waals surface area contributed by atoms with Gasteiger partial charge in [-0.3, -0.25) is 9.69 Å². The maximum atomic E-state index is 15.1. The second kappa shape index (κ2) is 9.33. The van der Waals surface area contributed by atoms with Crippen molar-refractivity contribution in [3.63, 3.8) is 0 Å². The van der Waals surface area contributed by atoms with Crippen LogP contribution in [0.5, 0.6) is 0 Å². The summed E-state index contributed by atoms with van der Waals surface area (Å²) in [6.07, 6.45) is 6.92. The van der Waals surface area contributed by atoms with Crippen molar-refractivity contribution in [2.45, 2.75) is 83.5 Å². The van der Waals surface area contributed by atoms with Gasteiger partial charge in [-0.05, 0) is 52.2 Å². The number of aromatic nitrogens is 1. The largest absolute Gasteiger partial charge is 0.465 e. The Balaban J connectivity index is 1.81. The van der Waals surface area contributed by atoms with Crippen LogP contribution in [0.3, 0.4) is 0 Å². The molecular formula is C25H34FN3O4. The molecule has 1 saturated carbocycles. The van der Waals surface area contributed by atoms with Gasteiger partial charge in [0.05, 0.1) is 30.4 Å². The lowest BCUT2D eigenvalue weighted by molar-refractivity contribution is 0.0952. The van der Waals surface area contributed by atoms with Crippen molar-refractivity contribution in [3.05, 3.63) is 39.9 Å². The number of carbonyl (C=O) groups is 1. The Morgan fingerprint density at radius 2 is 1.97 bits per heavy atom. The monoisotopic (exact) mass is 459 g/mol. The van der Waals surface area contributed by atoms with Crippen LogP contribution >= 0.6 is 0 Å². The number of rotatable bonds is 5. The molecule has 0 radical (unpaired) electrons. The van der Waals surface area contributed by atoms with Crippen LogP contribution in [0.15, 0.2) is 23.1 Å². The van der Waals surface area contributed by atoms with Crippen LogP contribution in [0.25, 0.3) is 10.9 Å². The number of fused-ring (bicyclic) bond motifs is 1. The first kappa shape index (κ1) is 23.5. The van der Waals surface area contributed by atoms with E-state index in [0.29, 0.717) is 30.0 Å². The molecule has 1 aromatic carbocycles. The second-order valence-electron chi connectivity index (χ2n) is 10.3. The maximum absolute atomic E-state index is 15.1. The predicted molar refractivity (Wildman–Crippen MR) is 126 cm³/mol. The summed E-state index contributed by atoms with van der Waals surface area (Å²) in [5.74, 6) is -0.456. The van der Waals surface area contributed by atoms with Crippen LogP contribution < -0.4 is 10.7 Å². The zero-order chi connectivity index (χ0) is 23.8. The molecular weight excluding hydrogens is 425 g/mol. The van der Waals surface area contributed by atoms with Gasteiger partial charge in [-0.15, -0.1) is 0 Å². The summed E-state index contributed by atoms with van der Waals surface area (Å²) in [6.45, 7) is 6.41. The van der Waals surface area contributed by atoms with Crippen LogP contribution in [0.2, 0.25) is 0 Å². The summed E-state index contributed by atoms with van der Waals surface area (Å²) in [7, 11) is 0. The van der Waals surface area contributed by atoms with Crippen molar-refractivity contribution in [1.29, 1.82) is 0 Å². The predicted octanol–water partition coefficient (Wildman–Crippen LogP) is 5.13. The zero-order valence-electron chi connectivity index (χ0n) is 19.7.